The van der Waals surface area contributed by atoms with E-state index >= 15 is 0 Å². The highest BCUT2D eigenvalue weighted by molar-refractivity contribution is 5.90. The Bertz CT molecular complexity index is 714. The van der Waals surface area contributed by atoms with Gasteiger partial charge in [-0.15, -0.1) is 0 Å². The topological polar surface area (TPSA) is 71.5 Å². The summed E-state index contributed by atoms with van der Waals surface area (Å²) < 4.78 is 58.4. The maximum Gasteiger partial charge on any atom is 0.414 e. The molecule has 1 aromatic rings. The van der Waals surface area contributed by atoms with Crippen molar-refractivity contribution in [3.05, 3.63) is 24.0 Å². The quantitative estimate of drug-likeness (QED) is 0.776. The van der Waals surface area contributed by atoms with Crippen LogP contribution in [0.1, 0.15) is 6.42 Å². The number of amides is 1. The second-order valence-electron chi connectivity index (χ2n) is 6.47. The molecule has 0 radical (unpaired) electrons. The molecule has 2 heterocycles. The van der Waals surface area contributed by atoms with Crippen molar-refractivity contribution in [2.75, 3.05) is 50.3 Å². The van der Waals surface area contributed by atoms with Crippen molar-refractivity contribution in [1.29, 1.82) is 0 Å². The highest BCUT2D eigenvalue weighted by Gasteiger charge is 2.58. The molecule has 2 fully saturated rings. The fourth-order valence-electron chi connectivity index (χ4n) is 3.44. The van der Waals surface area contributed by atoms with Crippen LogP contribution in [0.2, 0.25) is 0 Å². The van der Waals surface area contributed by atoms with Gasteiger partial charge in [-0.05, 0) is 18.2 Å². The Hall–Kier alpha value is -2.04. The Morgan fingerprint density at radius 2 is 2.04 bits per heavy atom. The van der Waals surface area contributed by atoms with Crippen molar-refractivity contribution in [3.63, 3.8) is 0 Å². The van der Waals surface area contributed by atoms with Crippen molar-refractivity contribution >= 4 is 17.5 Å². The predicted octanol–water partition coefficient (Wildman–Crippen LogP) is 1.98. The van der Waals surface area contributed by atoms with Crippen LogP contribution in [0.5, 0.6) is 0 Å². The molecule has 1 atom stereocenters. The zero-order valence-electron chi connectivity index (χ0n) is 15.0. The van der Waals surface area contributed by atoms with Crippen molar-refractivity contribution in [1.82, 2.24) is 0 Å². The van der Waals surface area contributed by atoms with Gasteiger partial charge in [0.15, 0.2) is 0 Å². The second kappa shape index (κ2) is 7.17. The fourth-order valence-corrected chi connectivity index (χ4v) is 3.44. The number of hydrogen-bond donors (Lipinski definition) is 1. The van der Waals surface area contributed by atoms with Crippen molar-refractivity contribution < 1.29 is 37.3 Å². The highest BCUT2D eigenvalue weighted by atomic mass is 19.3. The van der Waals surface area contributed by atoms with Gasteiger partial charge in [0.1, 0.15) is 11.9 Å². The van der Waals surface area contributed by atoms with Crippen LogP contribution in [0.15, 0.2) is 18.2 Å². The molecule has 0 spiro atoms. The molecule has 2 aliphatic heterocycles. The minimum atomic E-state index is -3.35. The van der Waals surface area contributed by atoms with Gasteiger partial charge in [0.05, 0.1) is 31.1 Å². The summed E-state index contributed by atoms with van der Waals surface area (Å²) in [6.45, 7) is -0.929. The maximum absolute atomic E-state index is 14.6. The minimum Gasteiger partial charge on any atom is -0.441 e. The smallest absolute Gasteiger partial charge is 0.414 e. The molecule has 0 aromatic heterocycles. The zero-order chi connectivity index (χ0) is 19.8. The molecule has 1 N–H and O–H groups in total. The van der Waals surface area contributed by atoms with Gasteiger partial charge >= 0.3 is 12.0 Å². The fraction of sp³-hybridized carbons (Fsp3) is 0.588. The summed E-state index contributed by atoms with van der Waals surface area (Å²) in [5.41, 5.74) is 0.217. The van der Waals surface area contributed by atoms with Gasteiger partial charge in [-0.3, -0.25) is 4.90 Å². The molecule has 2 saturated heterocycles. The number of rotatable bonds is 5. The van der Waals surface area contributed by atoms with Gasteiger partial charge in [-0.1, -0.05) is 0 Å². The number of cyclic esters (lactones) is 1. The average molecular weight is 390 g/mol. The number of aliphatic hydroxyl groups is 1. The van der Waals surface area contributed by atoms with E-state index in [9.17, 15) is 18.0 Å². The first-order chi connectivity index (χ1) is 12.8. The molecule has 0 aliphatic carbocycles. The highest BCUT2D eigenvalue weighted by Crippen LogP contribution is 2.41. The normalized spacial score (nSPS) is 24.2. The summed E-state index contributed by atoms with van der Waals surface area (Å²) in [5, 5.41) is 9.07. The third-order valence-corrected chi connectivity index (χ3v) is 4.98. The largest absolute Gasteiger partial charge is 0.441 e. The van der Waals surface area contributed by atoms with Gasteiger partial charge in [0.25, 0.3) is 0 Å². The number of carbonyl (C=O) groups is 1. The van der Waals surface area contributed by atoms with Crippen LogP contribution in [-0.4, -0.2) is 69.5 Å². The predicted molar refractivity (Wildman–Crippen MR) is 89.6 cm³/mol. The standard InChI is InChI=1S/C17H21F3N2O5/c1-25-17(26-2)5-6-21(10-16(17,19)20)14-4-3-11(7-13(14)18)22-8-12(9-23)27-15(22)24/h3-4,7,12,23H,5-6,8-10H2,1-2H3. The summed E-state index contributed by atoms with van der Waals surface area (Å²) in [5.74, 6) is -6.14. The van der Waals surface area contributed by atoms with Crippen LogP contribution >= 0.6 is 0 Å². The van der Waals surface area contributed by atoms with E-state index in [0.717, 1.165) is 20.3 Å². The molecule has 3 rings (SSSR count). The SMILES string of the molecule is COC1(OC)CCN(c2ccc(N3CC(CO)OC3=O)cc2F)CC1(F)F. The first-order valence-corrected chi connectivity index (χ1v) is 8.38. The molecule has 1 aromatic carbocycles. The Morgan fingerprint density at radius 3 is 2.56 bits per heavy atom. The van der Waals surface area contributed by atoms with Crippen LogP contribution in [0.4, 0.5) is 29.3 Å². The molecule has 2 aliphatic rings. The van der Waals surface area contributed by atoms with E-state index in [2.05, 4.69) is 0 Å². The zero-order valence-corrected chi connectivity index (χ0v) is 15.0. The van der Waals surface area contributed by atoms with E-state index in [0.29, 0.717) is 0 Å². The van der Waals surface area contributed by atoms with Crippen molar-refractivity contribution in [2.24, 2.45) is 0 Å². The van der Waals surface area contributed by atoms with Crippen LogP contribution < -0.4 is 9.80 Å². The van der Waals surface area contributed by atoms with Crippen LogP contribution in [0, 0.1) is 5.82 Å². The lowest BCUT2D eigenvalue weighted by Crippen LogP contribution is -2.62. The summed E-state index contributed by atoms with van der Waals surface area (Å²) in [6.07, 6.45) is -1.53. The van der Waals surface area contributed by atoms with Crippen LogP contribution in [0.3, 0.4) is 0 Å². The molecule has 7 nitrogen and oxygen atoms in total. The number of hydrogen-bond acceptors (Lipinski definition) is 6. The lowest BCUT2D eigenvalue weighted by atomic mass is 9.98. The number of ether oxygens (including phenoxy) is 3. The molecule has 150 valence electrons. The molecule has 0 saturated carbocycles. The Balaban J connectivity index is 1.80. The number of alkyl halides is 2. The number of carbonyl (C=O) groups excluding carboxylic acids is 1. The molecule has 10 heteroatoms. The molecular formula is C17H21F3N2O5. The monoisotopic (exact) mass is 390 g/mol. The summed E-state index contributed by atoms with van der Waals surface area (Å²) in [4.78, 5) is 14.2. The lowest BCUT2D eigenvalue weighted by Gasteiger charge is -2.45. The van der Waals surface area contributed by atoms with E-state index in [1.165, 1.54) is 21.9 Å². The lowest BCUT2D eigenvalue weighted by molar-refractivity contribution is -0.324. The number of benzene rings is 1. The van der Waals surface area contributed by atoms with E-state index in [1.54, 1.807) is 0 Å². The molecule has 0 bridgehead atoms. The van der Waals surface area contributed by atoms with Crippen LogP contribution in [0.25, 0.3) is 0 Å². The second-order valence-corrected chi connectivity index (χ2v) is 6.47. The van der Waals surface area contributed by atoms with E-state index < -0.39 is 36.3 Å². The van der Waals surface area contributed by atoms with Gasteiger partial charge in [0.2, 0.25) is 5.79 Å². The average Bonchev–Trinajstić information content (AvgIpc) is 3.02. The van der Waals surface area contributed by atoms with Gasteiger partial charge in [0, 0.05) is 27.2 Å². The van der Waals surface area contributed by atoms with E-state index in [-0.39, 0.29) is 37.5 Å². The van der Waals surface area contributed by atoms with Crippen molar-refractivity contribution in [3.8, 4) is 0 Å². The number of aliphatic hydroxyl groups excluding tert-OH is 1. The Kier molecular flexibility index (Phi) is 5.24. The maximum atomic E-state index is 14.6. The molecule has 27 heavy (non-hydrogen) atoms. The number of halogens is 3. The molecular weight excluding hydrogens is 369 g/mol. The molecule has 1 unspecified atom stereocenters. The number of methoxy groups -OCH3 is 2. The van der Waals surface area contributed by atoms with E-state index in [1.807, 2.05) is 0 Å². The van der Waals surface area contributed by atoms with Gasteiger partial charge < -0.3 is 24.2 Å². The third-order valence-electron chi connectivity index (χ3n) is 4.98. The first-order valence-electron chi connectivity index (χ1n) is 8.38. The van der Waals surface area contributed by atoms with Gasteiger partial charge in [-0.25, -0.2) is 9.18 Å². The number of nitrogens with zero attached hydrogens (tertiary/aromatic N) is 2. The Morgan fingerprint density at radius 1 is 1.33 bits per heavy atom. The minimum absolute atomic E-state index is 0.00879. The Labute approximate surface area is 154 Å². The van der Waals surface area contributed by atoms with Crippen LogP contribution in [-0.2, 0) is 14.2 Å². The molecule has 1 amide bonds. The summed E-state index contributed by atoms with van der Waals surface area (Å²) >= 11 is 0. The summed E-state index contributed by atoms with van der Waals surface area (Å²) in [6, 6.07) is 3.88. The third kappa shape index (κ3) is 3.32. The summed E-state index contributed by atoms with van der Waals surface area (Å²) in [7, 11) is 2.30. The van der Waals surface area contributed by atoms with E-state index in [4.69, 9.17) is 19.3 Å². The number of anilines is 2. The van der Waals surface area contributed by atoms with Crippen molar-refractivity contribution in [2.45, 2.75) is 24.2 Å². The number of piperidine rings is 1. The van der Waals surface area contributed by atoms with Gasteiger partial charge in [-0.2, -0.15) is 8.78 Å². The first kappa shape index (κ1) is 19.7.